The number of aryl methyl sites for hydroxylation is 2. The molecule has 0 spiro atoms. The minimum absolute atomic E-state index is 0.114. The van der Waals surface area contributed by atoms with Crippen LogP contribution in [-0.4, -0.2) is 24.5 Å². The van der Waals surface area contributed by atoms with E-state index in [4.69, 9.17) is 20.8 Å². The van der Waals surface area contributed by atoms with E-state index in [1.54, 1.807) is 24.1 Å². The number of halogens is 1. The number of methoxy groups -OCH3 is 1. The van der Waals surface area contributed by atoms with E-state index in [1.165, 1.54) is 5.56 Å². The van der Waals surface area contributed by atoms with Gasteiger partial charge in [-0.3, -0.25) is 9.59 Å². The Kier molecular flexibility index (Phi) is 6.12. The smallest absolute Gasteiger partial charge is 0.290 e. The molecule has 5 rings (SSSR count). The number of amides is 1. The van der Waals surface area contributed by atoms with E-state index in [-0.39, 0.29) is 17.1 Å². The van der Waals surface area contributed by atoms with Crippen LogP contribution >= 0.6 is 11.6 Å². The predicted octanol–water partition coefficient (Wildman–Crippen LogP) is 6.11. The van der Waals surface area contributed by atoms with Crippen LogP contribution in [0.5, 0.6) is 5.75 Å². The van der Waals surface area contributed by atoms with Crippen molar-refractivity contribution in [3.63, 3.8) is 0 Å². The Hall–Kier alpha value is -3.57. The summed E-state index contributed by atoms with van der Waals surface area (Å²) in [6.07, 6.45) is 1.54. The fraction of sp³-hybridized carbons (Fsp3) is 0.241. The highest BCUT2D eigenvalue weighted by Gasteiger charge is 2.42. The molecule has 1 aliphatic heterocycles. The van der Waals surface area contributed by atoms with Crippen LogP contribution < -0.4 is 10.2 Å². The first-order valence-electron chi connectivity index (χ1n) is 11.7. The maximum atomic E-state index is 13.7. The summed E-state index contributed by atoms with van der Waals surface area (Å²) in [4.78, 5) is 29.1. The van der Waals surface area contributed by atoms with Gasteiger partial charge in [-0.25, -0.2) is 0 Å². The molecule has 0 radical (unpaired) electrons. The van der Waals surface area contributed by atoms with Crippen LogP contribution in [0.15, 0.2) is 69.9 Å². The Balaban J connectivity index is 1.61. The first-order valence-corrected chi connectivity index (χ1v) is 12.1. The van der Waals surface area contributed by atoms with Crippen LogP contribution in [0.3, 0.4) is 0 Å². The largest absolute Gasteiger partial charge is 0.497 e. The van der Waals surface area contributed by atoms with Gasteiger partial charge in [0, 0.05) is 11.6 Å². The molecule has 35 heavy (non-hydrogen) atoms. The Morgan fingerprint density at radius 3 is 2.34 bits per heavy atom. The van der Waals surface area contributed by atoms with Crippen molar-refractivity contribution in [2.75, 3.05) is 13.7 Å². The van der Waals surface area contributed by atoms with E-state index in [0.717, 1.165) is 28.9 Å². The molecule has 1 aliphatic rings. The van der Waals surface area contributed by atoms with Gasteiger partial charge in [0.2, 0.25) is 5.76 Å². The fourth-order valence-corrected chi connectivity index (χ4v) is 4.86. The molecule has 178 valence electrons. The van der Waals surface area contributed by atoms with Gasteiger partial charge in [-0.1, -0.05) is 54.9 Å². The first kappa shape index (κ1) is 23.2. The highest BCUT2D eigenvalue weighted by molar-refractivity contribution is 6.32. The van der Waals surface area contributed by atoms with Crippen molar-refractivity contribution in [1.82, 2.24) is 4.90 Å². The van der Waals surface area contributed by atoms with E-state index in [1.807, 2.05) is 55.5 Å². The number of carbonyl (C=O) groups excluding carboxylic acids is 1. The van der Waals surface area contributed by atoms with E-state index < -0.39 is 6.04 Å². The lowest BCUT2D eigenvalue weighted by Crippen LogP contribution is -2.31. The molecule has 5 nitrogen and oxygen atoms in total. The summed E-state index contributed by atoms with van der Waals surface area (Å²) >= 11 is 6.33. The van der Waals surface area contributed by atoms with E-state index in [2.05, 4.69) is 6.92 Å². The summed E-state index contributed by atoms with van der Waals surface area (Å²) in [7, 11) is 1.63. The Morgan fingerprint density at radius 1 is 1.00 bits per heavy atom. The normalized spacial score (nSPS) is 15.0. The van der Waals surface area contributed by atoms with Crippen molar-refractivity contribution in [2.24, 2.45) is 0 Å². The van der Waals surface area contributed by atoms with Crippen molar-refractivity contribution in [3.05, 3.63) is 109 Å². The van der Waals surface area contributed by atoms with Crippen molar-refractivity contribution in [2.45, 2.75) is 32.7 Å². The van der Waals surface area contributed by atoms with Gasteiger partial charge in [0.05, 0.1) is 24.1 Å². The second kappa shape index (κ2) is 9.23. The molecule has 0 N–H and O–H groups in total. The molecular weight excluding hydrogens is 462 g/mol. The van der Waals surface area contributed by atoms with Crippen molar-refractivity contribution < 1.29 is 13.9 Å². The third-order valence-corrected chi connectivity index (χ3v) is 7.16. The molecule has 3 aromatic carbocycles. The molecule has 1 atom stereocenters. The topological polar surface area (TPSA) is 59.8 Å². The van der Waals surface area contributed by atoms with Crippen molar-refractivity contribution >= 4 is 28.5 Å². The second-order valence-corrected chi connectivity index (χ2v) is 9.27. The molecule has 6 heteroatoms. The second-order valence-electron chi connectivity index (χ2n) is 8.87. The zero-order chi connectivity index (χ0) is 24.7. The predicted molar refractivity (Wildman–Crippen MR) is 138 cm³/mol. The molecule has 0 saturated carbocycles. The molecule has 1 amide bonds. The van der Waals surface area contributed by atoms with Gasteiger partial charge in [-0.15, -0.1) is 0 Å². The van der Waals surface area contributed by atoms with Crippen LogP contribution in [-0.2, 0) is 12.8 Å². The molecule has 0 unspecified atom stereocenters. The van der Waals surface area contributed by atoms with Gasteiger partial charge < -0.3 is 14.1 Å². The molecular formula is C29H26ClNO4. The molecule has 0 fully saturated rings. The monoisotopic (exact) mass is 487 g/mol. The van der Waals surface area contributed by atoms with E-state index in [0.29, 0.717) is 34.5 Å². The highest BCUT2D eigenvalue weighted by Crippen LogP contribution is 2.39. The lowest BCUT2D eigenvalue weighted by atomic mass is 9.96. The van der Waals surface area contributed by atoms with Gasteiger partial charge >= 0.3 is 0 Å². The van der Waals surface area contributed by atoms with Gasteiger partial charge in [-0.05, 0) is 66.3 Å². The van der Waals surface area contributed by atoms with Gasteiger partial charge in [0.1, 0.15) is 11.3 Å². The van der Waals surface area contributed by atoms with Gasteiger partial charge in [0.15, 0.2) is 5.43 Å². The Bertz CT molecular complexity index is 1470. The Morgan fingerprint density at radius 2 is 1.69 bits per heavy atom. The zero-order valence-electron chi connectivity index (χ0n) is 19.9. The third-order valence-electron chi connectivity index (χ3n) is 6.75. The molecule has 1 aromatic heterocycles. The van der Waals surface area contributed by atoms with Crippen LogP contribution in [0.1, 0.15) is 51.3 Å². The minimum atomic E-state index is -0.526. The minimum Gasteiger partial charge on any atom is -0.497 e. The standard InChI is InChI=1S/C29H26ClNO4/c1-4-18-5-9-20(10-6-18)26-25-27(32)22-16-23(30)17(2)15-24(22)35-28(25)29(33)31(26)14-13-19-7-11-21(34-3)12-8-19/h5-12,15-16,26H,4,13-14H2,1-3H3/t26-/m1/s1. The number of ether oxygens (including phenoxy) is 1. The van der Waals surface area contributed by atoms with Crippen LogP contribution in [0, 0.1) is 6.92 Å². The molecule has 2 heterocycles. The van der Waals surface area contributed by atoms with Crippen LogP contribution in [0.25, 0.3) is 11.0 Å². The van der Waals surface area contributed by atoms with Gasteiger partial charge in [0.25, 0.3) is 5.91 Å². The SMILES string of the molecule is CCc1ccc([C@@H]2c3c(oc4cc(C)c(Cl)cc4c3=O)C(=O)N2CCc2ccc(OC)cc2)cc1. The van der Waals surface area contributed by atoms with Crippen LogP contribution in [0.4, 0.5) is 0 Å². The number of benzene rings is 3. The lowest BCUT2D eigenvalue weighted by molar-refractivity contribution is 0.0730. The quantitative estimate of drug-likeness (QED) is 0.329. The number of hydrogen-bond acceptors (Lipinski definition) is 4. The summed E-state index contributed by atoms with van der Waals surface area (Å²) in [6, 6.07) is 18.7. The first-order chi connectivity index (χ1) is 16.9. The maximum absolute atomic E-state index is 13.7. The zero-order valence-corrected chi connectivity index (χ0v) is 20.7. The van der Waals surface area contributed by atoms with Crippen molar-refractivity contribution in [3.8, 4) is 5.75 Å². The average Bonchev–Trinajstić information content (AvgIpc) is 3.16. The number of fused-ring (bicyclic) bond motifs is 2. The molecule has 0 aliphatic carbocycles. The van der Waals surface area contributed by atoms with E-state index >= 15 is 0 Å². The fourth-order valence-electron chi connectivity index (χ4n) is 4.70. The van der Waals surface area contributed by atoms with Gasteiger partial charge in [-0.2, -0.15) is 0 Å². The summed E-state index contributed by atoms with van der Waals surface area (Å²) in [5, 5.41) is 0.883. The number of hydrogen-bond donors (Lipinski definition) is 0. The molecule has 4 aromatic rings. The molecule has 0 saturated heterocycles. The Labute approximate surface area is 208 Å². The van der Waals surface area contributed by atoms with Crippen LogP contribution in [0.2, 0.25) is 5.02 Å². The summed E-state index contributed by atoms with van der Waals surface area (Å²) in [5.74, 6) is 0.621. The maximum Gasteiger partial charge on any atom is 0.290 e. The number of nitrogens with zero attached hydrogens (tertiary/aromatic N) is 1. The van der Waals surface area contributed by atoms with Crippen molar-refractivity contribution in [1.29, 1.82) is 0 Å². The number of carbonyl (C=O) groups is 1. The van der Waals surface area contributed by atoms with E-state index in [9.17, 15) is 9.59 Å². The summed E-state index contributed by atoms with van der Waals surface area (Å²) in [6.45, 7) is 4.37. The summed E-state index contributed by atoms with van der Waals surface area (Å²) < 4.78 is 11.3. The highest BCUT2D eigenvalue weighted by atomic mass is 35.5. The third kappa shape index (κ3) is 4.10. The summed E-state index contributed by atoms with van der Waals surface area (Å²) in [5.41, 5.74) is 4.47. The lowest BCUT2D eigenvalue weighted by Gasteiger charge is -2.25. The number of rotatable bonds is 6. The average molecular weight is 488 g/mol. The molecule has 0 bridgehead atoms.